The Balaban J connectivity index is 1.75. The fourth-order valence-corrected chi connectivity index (χ4v) is 3.67. The first-order valence-corrected chi connectivity index (χ1v) is 11.1. The number of ether oxygens (including phenoxy) is 1. The SMILES string of the molecule is COc1nc(NN(C=O)Cc2ccc(C(F)(F)F)cc2)c(-c2ccccc2)c(-c2ccc(Cl)cc2)n1. The predicted octanol–water partition coefficient (Wildman–Crippen LogP) is 6.48. The average Bonchev–Trinajstić information content (AvgIpc) is 2.88. The van der Waals surface area contributed by atoms with Crippen LogP contribution in [-0.2, 0) is 17.5 Å². The van der Waals surface area contributed by atoms with Crippen LogP contribution < -0.4 is 10.2 Å². The van der Waals surface area contributed by atoms with Gasteiger partial charge in [-0.15, -0.1) is 0 Å². The molecule has 0 unspecified atom stereocenters. The van der Waals surface area contributed by atoms with E-state index in [0.717, 1.165) is 23.3 Å². The zero-order valence-corrected chi connectivity index (χ0v) is 19.7. The molecular weight excluding hydrogens is 493 g/mol. The topological polar surface area (TPSA) is 67.3 Å². The van der Waals surface area contributed by atoms with Crippen LogP contribution in [0.3, 0.4) is 0 Å². The number of nitrogens with zero attached hydrogens (tertiary/aromatic N) is 3. The number of halogens is 4. The number of nitrogens with one attached hydrogen (secondary N) is 1. The largest absolute Gasteiger partial charge is 0.467 e. The van der Waals surface area contributed by atoms with Crippen molar-refractivity contribution in [2.45, 2.75) is 12.7 Å². The van der Waals surface area contributed by atoms with E-state index in [4.69, 9.17) is 16.3 Å². The molecule has 0 bridgehead atoms. The van der Waals surface area contributed by atoms with Crippen LogP contribution in [0.1, 0.15) is 11.1 Å². The van der Waals surface area contributed by atoms with E-state index in [9.17, 15) is 18.0 Å². The second-order valence-electron chi connectivity index (χ2n) is 7.70. The maximum absolute atomic E-state index is 12.9. The van der Waals surface area contributed by atoms with E-state index in [0.29, 0.717) is 28.3 Å². The Bertz CT molecular complexity index is 1330. The quantitative estimate of drug-likeness (QED) is 0.216. The first-order valence-electron chi connectivity index (χ1n) is 10.7. The lowest BCUT2D eigenvalue weighted by atomic mass is 10.00. The molecule has 6 nitrogen and oxygen atoms in total. The summed E-state index contributed by atoms with van der Waals surface area (Å²) in [7, 11) is 1.42. The number of carbonyl (C=O) groups excluding carboxylic acids is 1. The molecule has 4 aromatic rings. The Labute approximate surface area is 210 Å². The first kappa shape index (κ1) is 25.0. The monoisotopic (exact) mass is 512 g/mol. The fraction of sp³-hybridized carbons (Fsp3) is 0.115. The first-order chi connectivity index (χ1) is 17.3. The number of alkyl halides is 3. The highest BCUT2D eigenvalue weighted by molar-refractivity contribution is 6.30. The molecule has 0 fully saturated rings. The molecule has 36 heavy (non-hydrogen) atoms. The van der Waals surface area contributed by atoms with Crippen molar-refractivity contribution in [3.8, 4) is 28.4 Å². The van der Waals surface area contributed by atoms with Crippen LogP contribution in [0.2, 0.25) is 5.02 Å². The highest BCUT2D eigenvalue weighted by Gasteiger charge is 2.30. The molecule has 0 aliphatic heterocycles. The van der Waals surface area contributed by atoms with Crippen LogP contribution in [0.15, 0.2) is 78.9 Å². The molecule has 184 valence electrons. The maximum Gasteiger partial charge on any atom is 0.416 e. The molecular formula is C26H20ClF3N4O2. The summed E-state index contributed by atoms with van der Waals surface area (Å²) >= 11 is 6.07. The molecule has 3 aromatic carbocycles. The van der Waals surface area contributed by atoms with Gasteiger partial charge in [-0.2, -0.15) is 23.1 Å². The van der Waals surface area contributed by atoms with Gasteiger partial charge in [0.05, 0.1) is 30.5 Å². The Hall–Kier alpha value is -4.11. The van der Waals surface area contributed by atoms with Crippen LogP contribution in [0.4, 0.5) is 19.0 Å². The molecule has 0 saturated carbocycles. The van der Waals surface area contributed by atoms with E-state index in [1.54, 1.807) is 24.3 Å². The number of rotatable bonds is 8. The number of amides is 1. The molecule has 4 rings (SSSR count). The summed E-state index contributed by atoms with van der Waals surface area (Å²) in [6, 6.07) is 21.0. The second-order valence-corrected chi connectivity index (χ2v) is 8.13. The van der Waals surface area contributed by atoms with Crippen molar-refractivity contribution in [2.24, 2.45) is 0 Å². The van der Waals surface area contributed by atoms with Gasteiger partial charge in [0.25, 0.3) is 0 Å². The van der Waals surface area contributed by atoms with Crippen molar-refractivity contribution >= 4 is 23.8 Å². The van der Waals surface area contributed by atoms with Crippen molar-refractivity contribution in [1.82, 2.24) is 15.0 Å². The van der Waals surface area contributed by atoms with Crippen LogP contribution in [-0.4, -0.2) is 28.5 Å². The van der Waals surface area contributed by atoms with Crippen molar-refractivity contribution in [1.29, 1.82) is 0 Å². The van der Waals surface area contributed by atoms with Gasteiger partial charge in [0.1, 0.15) is 0 Å². The fourth-order valence-electron chi connectivity index (χ4n) is 3.54. The molecule has 0 aliphatic carbocycles. The van der Waals surface area contributed by atoms with Crippen LogP contribution in [0, 0.1) is 0 Å². The summed E-state index contributed by atoms with van der Waals surface area (Å²) in [5.41, 5.74) is 5.33. The molecule has 0 saturated heterocycles. The zero-order valence-electron chi connectivity index (χ0n) is 19.0. The van der Waals surface area contributed by atoms with Gasteiger partial charge in [0.15, 0.2) is 5.82 Å². The molecule has 0 atom stereocenters. The van der Waals surface area contributed by atoms with Crippen LogP contribution >= 0.6 is 11.6 Å². The molecule has 1 heterocycles. The Morgan fingerprint density at radius 1 is 0.944 bits per heavy atom. The van der Waals surface area contributed by atoms with E-state index < -0.39 is 11.7 Å². The van der Waals surface area contributed by atoms with Crippen molar-refractivity contribution < 1.29 is 22.7 Å². The maximum atomic E-state index is 12.9. The number of anilines is 1. The third-order valence-electron chi connectivity index (χ3n) is 5.26. The normalized spacial score (nSPS) is 11.1. The summed E-state index contributed by atoms with van der Waals surface area (Å²) in [5.74, 6) is 0.275. The second kappa shape index (κ2) is 10.7. The summed E-state index contributed by atoms with van der Waals surface area (Å²) in [4.78, 5) is 20.9. The Kier molecular flexibility index (Phi) is 7.40. The van der Waals surface area contributed by atoms with Gasteiger partial charge in [-0.3, -0.25) is 15.2 Å². The minimum absolute atomic E-state index is 0.0154. The lowest BCUT2D eigenvalue weighted by Crippen LogP contribution is -2.29. The van der Waals surface area contributed by atoms with Gasteiger partial charge in [-0.05, 0) is 35.4 Å². The molecule has 1 N–H and O–H groups in total. The predicted molar refractivity (Wildman–Crippen MR) is 131 cm³/mol. The summed E-state index contributed by atoms with van der Waals surface area (Å²) in [5, 5.41) is 1.74. The van der Waals surface area contributed by atoms with Gasteiger partial charge in [0.2, 0.25) is 6.41 Å². The Morgan fingerprint density at radius 3 is 2.19 bits per heavy atom. The number of benzene rings is 3. The van der Waals surface area contributed by atoms with E-state index in [1.807, 2.05) is 30.3 Å². The highest BCUT2D eigenvalue weighted by atomic mass is 35.5. The van der Waals surface area contributed by atoms with Gasteiger partial charge in [-0.1, -0.05) is 66.2 Å². The van der Waals surface area contributed by atoms with E-state index >= 15 is 0 Å². The third kappa shape index (κ3) is 5.75. The smallest absolute Gasteiger partial charge is 0.416 e. The van der Waals surface area contributed by atoms with E-state index in [2.05, 4.69) is 15.4 Å². The lowest BCUT2D eigenvalue weighted by molar-refractivity contribution is -0.137. The highest BCUT2D eigenvalue weighted by Crippen LogP contribution is 2.37. The molecule has 1 aromatic heterocycles. The van der Waals surface area contributed by atoms with Crippen LogP contribution in [0.25, 0.3) is 22.4 Å². The number of methoxy groups -OCH3 is 1. The molecule has 0 radical (unpaired) electrons. The minimum atomic E-state index is -4.44. The summed E-state index contributed by atoms with van der Waals surface area (Å²) in [6.07, 6.45) is -3.91. The molecule has 0 aliphatic rings. The van der Waals surface area contributed by atoms with E-state index in [-0.39, 0.29) is 18.4 Å². The number of carbonyl (C=O) groups is 1. The van der Waals surface area contributed by atoms with Gasteiger partial charge >= 0.3 is 12.2 Å². The molecule has 1 amide bonds. The van der Waals surface area contributed by atoms with E-state index in [1.165, 1.54) is 24.3 Å². The van der Waals surface area contributed by atoms with Crippen molar-refractivity contribution in [3.63, 3.8) is 0 Å². The number of hydrogen-bond acceptors (Lipinski definition) is 5. The number of aromatic nitrogens is 2. The minimum Gasteiger partial charge on any atom is -0.467 e. The summed E-state index contributed by atoms with van der Waals surface area (Å²) < 4.78 is 44.0. The average molecular weight is 513 g/mol. The summed E-state index contributed by atoms with van der Waals surface area (Å²) in [6.45, 7) is -0.0154. The van der Waals surface area contributed by atoms with Gasteiger partial charge in [0, 0.05) is 10.6 Å². The van der Waals surface area contributed by atoms with Gasteiger partial charge < -0.3 is 4.74 Å². The van der Waals surface area contributed by atoms with Crippen molar-refractivity contribution in [2.75, 3.05) is 12.5 Å². The number of hydrogen-bond donors (Lipinski definition) is 1. The van der Waals surface area contributed by atoms with Crippen LogP contribution in [0.5, 0.6) is 6.01 Å². The standard InChI is InChI=1S/C26H20ClF3N4O2/c1-36-25-31-23(19-9-13-21(27)14-10-19)22(18-5-3-2-4-6-18)24(32-25)33-34(16-35)15-17-7-11-20(12-8-17)26(28,29)30/h2-14,16H,15H2,1H3,(H,31,32,33). The Morgan fingerprint density at radius 2 is 1.61 bits per heavy atom. The van der Waals surface area contributed by atoms with Gasteiger partial charge in [-0.25, -0.2) is 0 Å². The lowest BCUT2D eigenvalue weighted by Gasteiger charge is -2.23. The van der Waals surface area contributed by atoms with Crippen molar-refractivity contribution in [3.05, 3.63) is 95.0 Å². The zero-order chi connectivity index (χ0) is 25.7. The number of hydrazine groups is 1. The molecule has 10 heteroatoms. The molecule has 0 spiro atoms. The third-order valence-corrected chi connectivity index (χ3v) is 5.51.